The monoisotopic (exact) mass is 512 g/mol. The summed E-state index contributed by atoms with van der Waals surface area (Å²) >= 11 is 0. The number of piperidine rings is 2. The second kappa shape index (κ2) is 11.1. The van der Waals surface area contributed by atoms with Crippen molar-refractivity contribution in [2.75, 3.05) is 26.2 Å². The molecule has 0 amide bonds. The summed E-state index contributed by atoms with van der Waals surface area (Å²) in [4.78, 5) is 32.6. The molecule has 0 N–H and O–H groups in total. The van der Waals surface area contributed by atoms with Gasteiger partial charge in [0.1, 0.15) is 11.1 Å². The van der Waals surface area contributed by atoms with Crippen LogP contribution in [0, 0.1) is 0 Å². The lowest BCUT2D eigenvalue weighted by atomic mass is 9.68. The van der Waals surface area contributed by atoms with E-state index in [1.807, 2.05) is 0 Å². The minimum absolute atomic E-state index is 0.256. The van der Waals surface area contributed by atoms with Crippen molar-refractivity contribution in [3.05, 3.63) is 71.3 Å². The Hall–Kier alpha value is -2.30. The lowest BCUT2D eigenvalue weighted by molar-refractivity contribution is -0.137. The van der Waals surface area contributed by atoms with Gasteiger partial charge in [0.15, 0.2) is 11.6 Å². The van der Waals surface area contributed by atoms with Gasteiger partial charge in [-0.05, 0) is 100 Å². The maximum absolute atomic E-state index is 14.1. The van der Waals surface area contributed by atoms with E-state index in [2.05, 4.69) is 64.4 Å². The van der Waals surface area contributed by atoms with Crippen LogP contribution < -0.4 is 0 Å². The minimum Gasteiger partial charge on any atom is -0.297 e. The first-order chi connectivity index (χ1) is 18.6. The summed E-state index contributed by atoms with van der Waals surface area (Å²) in [6.45, 7) is 4.10. The predicted molar refractivity (Wildman–Crippen MR) is 152 cm³/mol. The molecule has 4 fully saturated rings. The first kappa shape index (κ1) is 26.0. The van der Waals surface area contributed by atoms with E-state index in [-0.39, 0.29) is 5.92 Å². The molecule has 2 heterocycles. The molecule has 0 radical (unpaired) electrons. The number of hydrogen-bond donors (Lipinski definition) is 0. The summed E-state index contributed by atoms with van der Waals surface area (Å²) in [5, 5.41) is 0. The van der Waals surface area contributed by atoms with Gasteiger partial charge in [0.05, 0.1) is 0 Å². The molecule has 4 nitrogen and oxygen atoms in total. The molecule has 2 saturated carbocycles. The molecule has 2 aliphatic carbocycles. The zero-order valence-corrected chi connectivity index (χ0v) is 23.0. The summed E-state index contributed by atoms with van der Waals surface area (Å²) in [5.74, 6) is 1.06. The van der Waals surface area contributed by atoms with Crippen molar-refractivity contribution in [2.45, 2.75) is 100 Å². The lowest BCUT2D eigenvalue weighted by Gasteiger charge is -2.49. The molecule has 2 aromatic carbocycles. The summed E-state index contributed by atoms with van der Waals surface area (Å²) in [5.41, 5.74) is 2.72. The fourth-order valence-corrected chi connectivity index (χ4v) is 8.26. The van der Waals surface area contributed by atoms with E-state index in [0.717, 1.165) is 58.3 Å². The molecule has 4 heteroatoms. The first-order valence-electron chi connectivity index (χ1n) is 15.4. The number of likely N-dealkylation sites (tertiary alicyclic amines) is 2. The molecule has 4 aliphatic rings. The van der Waals surface area contributed by atoms with Crippen LogP contribution in [0.25, 0.3) is 0 Å². The highest BCUT2D eigenvalue weighted by Crippen LogP contribution is 2.47. The predicted octanol–water partition coefficient (Wildman–Crippen LogP) is 6.73. The molecular formula is C34H44N2O2. The van der Waals surface area contributed by atoms with E-state index in [1.165, 1.54) is 55.2 Å². The summed E-state index contributed by atoms with van der Waals surface area (Å²) < 4.78 is 0. The molecule has 0 bridgehead atoms. The first-order valence-corrected chi connectivity index (χ1v) is 15.4. The van der Waals surface area contributed by atoms with Crippen molar-refractivity contribution in [2.24, 2.45) is 0 Å². The van der Waals surface area contributed by atoms with Crippen LogP contribution >= 0.6 is 0 Å². The zero-order chi connectivity index (χ0) is 26.0. The Labute approximate surface area is 228 Å². The normalized spacial score (nSPS) is 31.8. The molecule has 2 saturated heterocycles. The Bertz CT molecular complexity index is 1120. The van der Waals surface area contributed by atoms with E-state index >= 15 is 0 Å². The second-order valence-electron chi connectivity index (χ2n) is 12.3. The smallest absolute Gasteiger partial charge is 0.158 e. The maximum Gasteiger partial charge on any atom is 0.158 e. The summed E-state index contributed by atoms with van der Waals surface area (Å²) in [7, 11) is 0. The van der Waals surface area contributed by atoms with Crippen LogP contribution in [0.15, 0.2) is 54.6 Å². The number of benzene rings is 2. The number of rotatable bonds is 5. The highest BCUT2D eigenvalue weighted by molar-refractivity contribution is 5.92. The van der Waals surface area contributed by atoms with Crippen LogP contribution in [0.2, 0.25) is 0 Å². The van der Waals surface area contributed by atoms with E-state index in [1.54, 1.807) is 0 Å². The molecule has 6 rings (SSSR count). The highest BCUT2D eigenvalue weighted by Gasteiger charge is 2.49. The summed E-state index contributed by atoms with van der Waals surface area (Å²) in [6.07, 6.45) is 13.6. The van der Waals surface area contributed by atoms with Crippen molar-refractivity contribution < 1.29 is 9.59 Å². The van der Waals surface area contributed by atoms with Crippen LogP contribution in [0.1, 0.15) is 106 Å². The Morgan fingerprint density at radius 1 is 0.579 bits per heavy atom. The van der Waals surface area contributed by atoms with Crippen molar-refractivity contribution in [1.29, 1.82) is 0 Å². The fourth-order valence-electron chi connectivity index (χ4n) is 8.26. The van der Waals surface area contributed by atoms with Crippen molar-refractivity contribution in [1.82, 2.24) is 9.80 Å². The topological polar surface area (TPSA) is 40.6 Å². The van der Waals surface area contributed by atoms with Crippen LogP contribution in [0.3, 0.4) is 0 Å². The van der Waals surface area contributed by atoms with Gasteiger partial charge in [0.25, 0.3) is 0 Å². The van der Waals surface area contributed by atoms with Crippen molar-refractivity contribution >= 4 is 11.6 Å². The van der Waals surface area contributed by atoms with Crippen LogP contribution in [-0.4, -0.2) is 47.5 Å². The third-order valence-electron chi connectivity index (χ3n) is 10.3. The molecule has 38 heavy (non-hydrogen) atoms. The number of carbonyl (C=O) groups excluding carboxylic acids is 2. The highest BCUT2D eigenvalue weighted by atomic mass is 16.1. The van der Waals surface area contributed by atoms with E-state index in [4.69, 9.17) is 0 Å². The van der Waals surface area contributed by atoms with Gasteiger partial charge >= 0.3 is 0 Å². The average molecular weight is 513 g/mol. The number of hydrogen-bond acceptors (Lipinski definition) is 4. The quantitative estimate of drug-likeness (QED) is 0.445. The molecule has 0 spiro atoms. The van der Waals surface area contributed by atoms with Crippen LogP contribution in [0.5, 0.6) is 0 Å². The third-order valence-corrected chi connectivity index (χ3v) is 10.3. The van der Waals surface area contributed by atoms with Gasteiger partial charge < -0.3 is 0 Å². The standard InChI is InChI=1S/C34H44N2O2/c37-31-14-6-7-20-33(31,35-22-8-2-9-23-35)30-17-15-27(16-18-30)28-19-21-34(32(38)26-28,29-12-4-1-5-13-29)36-24-10-3-11-25-36/h1,4-5,12-13,15-18,28H,2-3,6-11,14,19-26H2/t28?,33-,34+/m1/s1. The summed E-state index contributed by atoms with van der Waals surface area (Å²) in [6, 6.07) is 19.5. The second-order valence-corrected chi connectivity index (χ2v) is 12.3. The molecular weight excluding hydrogens is 468 g/mol. The Morgan fingerprint density at radius 3 is 1.74 bits per heavy atom. The molecule has 2 aliphatic heterocycles. The number of nitrogens with zero attached hydrogens (tertiary/aromatic N) is 2. The van der Waals surface area contributed by atoms with E-state index in [9.17, 15) is 9.59 Å². The molecule has 2 aromatic rings. The molecule has 202 valence electrons. The number of Topliss-reactive ketones (excluding diaryl/α,β-unsaturated/α-hetero) is 2. The maximum atomic E-state index is 14.1. The van der Waals surface area contributed by atoms with Gasteiger partial charge in [-0.2, -0.15) is 0 Å². The Morgan fingerprint density at radius 2 is 1.16 bits per heavy atom. The van der Waals surface area contributed by atoms with Gasteiger partial charge in [-0.3, -0.25) is 19.4 Å². The molecule has 3 atom stereocenters. The average Bonchev–Trinajstić information content (AvgIpc) is 2.99. The lowest BCUT2D eigenvalue weighted by Crippen LogP contribution is -2.56. The van der Waals surface area contributed by atoms with Crippen LogP contribution in [0.4, 0.5) is 0 Å². The van der Waals surface area contributed by atoms with E-state index < -0.39 is 11.1 Å². The van der Waals surface area contributed by atoms with Gasteiger partial charge in [-0.15, -0.1) is 0 Å². The Balaban J connectivity index is 1.25. The van der Waals surface area contributed by atoms with Gasteiger partial charge in [-0.1, -0.05) is 73.9 Å². The van der Waals surface area contributed by atoms with Gasteiger partial charge in [-0.25, -0.2) is 0 Å². The van der Waals surface area contributed by atoms with Crippen LogP contribution in [-0.2, 0) is 20.7 Å². The van der Waals surface area contributed by atoms with E-state index in [0.29, 0.717) is 24.4 Å². The Kier molecular flexibility index (Phi) is 7.55. The fraction of sp³-hybridized carbons (Fsp3) is 0.588. The van der Waals surface area contributed by atoms with Crippen molar-refractivity contribution in [3.63, 3.8) is 0 Å². The molecule has 0 aromatic heterocycles. The van der Waals surface area contributed by atoms with Gasteiger partial charge in [0, 0.05) is 12.8 Å². The number of ketones is 2. The minimum atomic E-state index is -0.467. The molecule has 1 unspecified atom stereocenters. The van der Waals surface area contributed by atoms with Gasteiger partial charge in [0.2, 0.25) is 0 Å². The van der Waals surface area contributed by atoms with Crippen molar-refractivity contribution in [3.8, 4) is 0 Å². The number of carbonyl (C=O) groups is 2. The SMILES string of the molecule is O=C1CCCC[C@]1(c1ccc(C2CC[C@@](c3ccccc3)(N3CCCCC3)C(=O)C2)cc1)N1CCCCC1. The third kappa shape index (κ3) is 4.48. The largest absolute Gasteiger partial charge is 0.297 e. The zero-order valence-electron chi connectivity index (χ0n) is 23.0.